The number of carbonyl (C=O) groups is 2. The van der Waals surface area contributed by atoms with Crippen molar-refractivity contribution in [2.45, 2.75) is 45.1 Å². The monoisotopic (exact) mass is 399 g/mol. The van der Waals surface area contributed by atoms with Crippen LogP contribution in [0.1, 0.15) is 42.9 Å². The number of aromatic nitrogens is 3. The van der Waals surface area contributed by atoms with Gasteiger partial charge < -0.3 is 14.4 Å². The van der Waals surface area contributed by atoms with E-state index in [9.17, 15) is 14.0 Å². The number of carbonyl (C=O) groups excluding carboxylic acids is 2. The molecule has 0 N–H and O–H groups in total. The van der Waals surface area contributed by atoms with Crippen molar-refractivity contribution in [3.8, 4) is 0 Å². The minimum Gasteiger partial charge on any atom is -0.343 e. The van der Waals surface area contributed by atoms with Crippen LogP contribution >= 0.6 is 0 Å². The Morgan fingerprint density at radius 1 is 1.03 bits per heavy atom. The van der Waals surface area contributed by atoms with Gasteiger partial charge in [-0.1, -0.05) is 18.2 Å². The van der Waals surface area contributed by atoms with Crippen LogP contribution in [-0.4, -0.2) is 62.6 Å². The Balaban J connectivity index is 1.41. The lowest BCUT2D eigenvalue weighted by Gasteiger charge is -2.31. The van der Waals surface area contributed by atoms with Gasteiger partial charge in [0.05, 0.1) is 6.42 Å². The number of amides is 2. The second-order valence-corrected chi connectivity index (χ2v) is 7.81. The largest absolute Gasteiger partial charge is 0.343 e. The van der Waals surface area contributed by atoms with E-state index in [4.69, 9.17) is 0 Å². The summed E-state index contributed by atoms with van der Waals surface area (Å²) in [5, 5.41) is 8.81. The summed E-state index contributed by atoms with van der Waals surface area (Å²) in [5.41, 5.74) is 0.430. The van der Waals surface area contributed by atoms with Crippen molar-refractivity contribution >= 4 is 11.8 Å². The third-order valence-corrected chi connectivity index (χ3v) is 6.01. The van der Waals surface area contributed by atoms with Gasteiger partial charge in [-0.3, -0.25) is 9.59 Å². The summed E-state index contributed by atoms with van der Waals surface area (Å²) in [6.45, 7) is 4.88. The molecule has 2 amide bonds. The fourth-order valence-corrected chi connectivity index (χ4v) is 4.27. The Morgan fingerprint density at radius 2 is 1.79 bits per heavy atom. The SMILES string of the molecule is CC(=O)N1CCC(c2nnc3n2CCN(C(=O)Cc2ccccc2F)CC3)CC1. The van der Waals surface area contributed by atoms with Crippen LogP contribution in [-0.2, 0) is 29.0 Å². The third kappa shape index (κ3) is 4.16. The van der Waals surface area contributed by atoms with Gasteiger partial charge in [-0.25, -0.2) is 4.39 Å². The fourth-order valence-electron chi connectivity index (χ4n) is 4.27. The first kappa shape index (κ1) is 19.5. The zero-order valence-corrected chi connectivity index (χ0v) is 16.7. The maximum absolute atomic E-state index is 13.9. The molecular formula is C21H26FN5O2. The van der Waals surface area contributed by atoms with E-state index < -0.39 is 0 Å². The molecule has 7 nitrogen and oxygen atoms in total. The molecule has 1 saturated heterocycles. The van der Waals surface area contributed by atoms with Gasteiger partial charge in [-0.05, 0) is 24.5 Å². The van der Waals surface area contributed by atoms with Gasteiger partial charge in [0.2, 0.25) is 11.8 Å². The highest BCUT2D eigenvalue weighted by atomic mass is 19.1. The van der Waals surface area contributed by atoms with Crippen LogP contribution in [0.2, 0.25) is 0 Å². The topological polar surface area (TPSA) is 71.3 Å². The molecular weight excluding hydrogens is 373 g/mol. The highest BCUT2D eigenvalue weighted by Gasteiger charge is 2.29. The number of nitrogens with zero attached hydrogens (tertiary/aromatic N) is 5. The van der Waals surface area contributed by atoms with Gasteiger partial charge in [0, 0.05) is 52.0 Å². The molecule has 4 rings (SSSR count). The zero-order valence-electron chi connectivity index (χ0n) is 16.7. The number of hydrogen-bond donors (Lipinski definition) is 0. The summed E-state index contributed by atoms with van der Waals surface area (Å²) in [7, 11) is 0. The molecule has 3 heterocycles. The average Bonchev–Trinajstić information content (AvgIpc) is 3.00. The van der Waals surface area contributed by atoms with Crippen LogP contribution in [0, 0.1) is 5.82 Å². The molecule has 0 bridgehead atoms. The standard InChI is InChI=1S/C21H26FN5O2/c1-15(28)25-9-6-16(7-10-25)21-24-23-19-8-11-26(12-13-27(19)21)20(29)14-17-4-2-3-5-18(17)22/h2-5,16H,6-14H2,1H3. The first-order chi connectivity index (χ1) is 14.0. The summed E-state index contributed by atoms with van der Waals surface area (Å²) in [4.78, 5) is 27.9. The third-order valence-electron chi connectivity index (χ3n) is 6.01. The van der Waals surface area contributed by atoms with Gasteiger partial charge in [-0.15, -0.1) is 10.2 Å². The van der Waals surface area contributed by atoms with Crippen molar-refractivity contribution in [3.63, 3.8) is 0 Å². The molecule has 154 valence electrons. The predicted octanol–water partition coefficient (Wildman–Crippen LogP) is 1.77. The molecule has 2 aromatic rings. The molecule has 0 unspecified atom stereocenters. The molecule has 1 fully saturated rings. The quantitative estimate of drug-likeness (QED) is 0.789. The smallest absolute Gasteiger partial charge is 0.227 e. The maximum Gasteiger partial charge on any atom is 0.227 e. The lowest BCUT2D eigenvalue weighted by Crippen LogP contribution is -2.37. The molecule has 0 aliphatic carbocycles. The molecule has 2 aliphatic rings. The van der Waals surface area contributed by atoms with E-state index in [-0.39, 0.29) is 30.0 Å². The molecule has 0 radical (unpaired) electrons. The molecule has 0 atom stereocenters. The highest BCUT2D eigenvalue weighted by Crippen LogP contribution is 2.28. The van der Waals surface area contributed by atoms with Crippen molar-refractivity contribution in [2.75, 3.05) is 26.2 Å². The van der Waals surface area contributed by atoms with Gasteiger partial charge in [0.1, 0.15) is 17.5 Å². The first-order valence-corrected chi connectivity index (χ1v) is 10.2. The van der Waals surface area contributed by atoms with E-state index in [2.05, 4.69) is 14.8 Å². The van der Waals surface area contributed by atoms with Crippen molar-refractivity contribution in [1.29, 1.82) is 0 Å². The molecule has 29 heavy (non-hydrogen) atoms. The number of fused-ring (bicyclic) bond motifs is 1. The average molecular weight is 399 g/mol. The van der Waals surface area contributed by atoms with Crippen LogP contribution < -0.4 is 0 Å². The Hall–Kier alpha value is -2.77. The van der Waals surface area contributed by atoms with Crippen LogP contribution in [0.15, 0.2) is 24.3 Å². The Labute approximate surface area is 169 Å². The van der Waals surface area contributed by atoms with E-state index in [1.54, 1.807) is 30.0 Å². The lowest BCUT2D eigenvalue weighted by molar-refractivity contribution is -0.131. The summed E-state index contributed by atoms with van der Waals surface area (Å²) >= 11 is 0. The number of hydrogen-bond acceptors (Lipinski definition) is 4. The predicted molar refractivity (Wildman–Crippen MR) is 105 cm³/mol. The highest BCUT2D eigenvalue weighted by molar-refractivity contribution is 5.78. The van der Waals surface area contributed by atoms with Crippen LogP contribution in [0.25, 0.3) is 0 Å². The molecule has 2 aliphatic heterocycles. The van der Waals surface area contributed by atoms with Crippen molar-refractivity contribution in [3.05, 3.63) is 47.3 Å². The lowest BCUT2D eigenvalue weighted by atomic mass is 9.96. The summed E-state index contributed by atoms with van der Waals surface area (Å²) < 4.78 is 16.0. The molecule has 0 saturated carbocycles. The van der Waals surface area contributed by atoms with E-state index in [0.717, 1.165) is 37.6 Å². The van der Waals surface area contributed by atoms with Gasteiger partial charge in [0.15, 0.2) is 0 Å². The Kier molecular flexibility index (Phi) is 5.60. The Bertz CT molecular complexity index is 904. The number of rotatable bonds is 3. The van der Waals surface area contributed by atoms with E-state index in [1.807, 2.05) is 4.90 Å². The fraction of sp³-hybridized carbons (Fsp3) is 0.524. The normalized spacial score (nSPS) is 17.7. The Morgan fingerprint density at radius 3 is 2.52 bits per heavy atom. The van der Waals surface area contributed by atoms with Gasteiger partial charge in [0.25, 0.3) is 0 Å². The first-order valence-electron chi connectivity index (χ1n) is 10.2. The van der Waals surface area contributed by atoms with Crippen molar-refractivity contribution in [2.24, 2.45) is 0 Å². The van der Waals surface area contributed by atoms with Crippen LogP contribution in [0.3, 0.4) is 0 Å². The molecule has 8 heteroatoms. The van der Waals surface area contributed by atoms with Crippen LogP contribution in [0.4, 0.5) is 4.39 Å². The van der Waals surface area contributed by atoms with E-state index >= 15 is 0 Å². The maximum atomic E-state index is 13.9. The van der Waals surface area contributed by atoms with Crippen LogP contribution in [0.5, 0.6) is 0 Å². The zero-order chi connectivity index (χ0) is 20.4. The van der Waals surface area contributed by atoms with Crippen molar-refractivity contribution < 1.29 is 14.0 Å². The van der Waals surface area contributed by atoms with Gasteiger partial charge >= 0.3 is 0 Å². The molecule has 0 spiro atoms. The number of likely N-dealkylation sites (tertiary alicyclic amines) is 1. The second kappa shape index (κ2) is 8.31. The molecule has 1 aromatic heterocycles. The minimum atomic E-state index is -0.341. The second-order valence-electron chi connectivity index (χ2n) is 7.81. The number of halogens is 1. The minimum absolute atomic E-state index is 0.0647. The summed E-state index contributed by atoms with van der Waals surface area (Å²) in [6.07, 6.45) is 2.48. The van der Waals surface area contributed by atoms with E-state index in [0.29, 0.717) is 31.6 Å². The van der Waals surface area contributed by atoms with Gasteiger partial charge in [-0.2, -0.15) is 0 Å². The van der Waals surface area contributed by atoms with E-state index in [1.165, 1.54) is 6.07 Å². The number of benzene rings is 1. The van der Waals surface area contributed by atoms with Crippen molar-refractivity contribution in [1.82, 2.24) is 24.6 Å². The summed E-state index contributed by atoms with van der Waals surface area (Å²) in [6, 6.07) is 6.42. The summed E-state index contributed by atoms with van der Waals surface area (Å²) in [5.74, 6) is 1.86. The number of piperidine rings is 1. The molecule has 1 aromatic carbocycles.